The molecule has 0 saturated carbocycles. The summed E-state index contributed by atoms with van der Waals surface area (Å²) in [4.78, 5) is 0. The Morgan fingerprint density at radius 3 is 2.47 bits per heavy atom. The number of likely N-dealkylation sites (N-methyl/N-ethyl adjacent to an activating group) is 1. The first-order valence-corrected chi connectivity index (χ1v) is 6.12. The molecule has 0 aromatic heterocycles. The van der Waals surface area contributed by atoms with E-state index < -0.39 is 0 Å². The van der Waals surface area contributed by atoms with E-state index in [1.165, 1.54) is 12.8 Å². The zero-order chi connectivity index (χ0) is 11.6. The van der Waals surface area contributed by atoms with Gasteiger partial charge in [-0.2, -0.15) is 0 Å². The van der Waals surface area contributed by atoms with Crippen LogP contribution in [0.5, 0.6) is 0 Å². The van der Waals surface area contributed by atoms with E-state index in [1.54, 1.807) is 0 Å². The topological polar surface area (TPSA) is 41.5 Å². The van der Waals surface area contributed by atoms with Crippen LogP contribution in [0.25, 0.3) is 0 Å². The maximum absolute atomic E-state index is 9.24. The third-order valence-electron chi connectivity index (χ3n) is 2.64. The summed E-state index contributed by atoms with van der Waals surface area (Å²) in [5.74, 6) is 0. The van der Waals surface area contributed by atoms with E-state index in [9.17, 15) is 5.11 Å². The molecule has 0 aliphatic heterocycles. The van der Waals surface area contributed by atoms with E-state index >= 15 is 0 Å². The predicted molar refractivity (Wildman–Crippen MR) is 64.1 cm³/mol. The molecule has 92 valence electrons. The molecule has 0 bridgehead atoms. The third kappa shape index (κ3) is 7.77. The maximum Gasteiger partial charge on any atom is 0.0611 e. The summed E-state index contributed by atoms with van der Waals surface area (Å²) in [6.45, 7) is 8.90. The van der Waals surface area contributed by atoms with Gasteiger partial charge in [0.05, 0.1) is 6.61 Å². The highest BCUT2D eigenvalue weighted by Crippen LogP contribution is 2.08. The molecule has 2 N–H and O–H groups in total. The van der Waals surface area contributed by atoms with Gasteiger partial charge in [-0.3, -0.25) is 0 Å². The number of ether oxygens (including phenoxy) is 1. The first kappa shape index (κ1) is 14.9. The molecule has 3 nitrogen and oxygen atoms in total. The molecule has 0 radical (unpaired) electrons. The normalized spacial score (nSPS) is 15.2. The van der Waals surface area contributed by atoms with Crippen molar-refractivity contribution in [2.24, 2.45) is 0 Å². The molecule has 0 aliphatic rings. The Morgan fingerprint density at radius 2 is 1.93 bits per heavy atom. The summed E-state index contributed by atoms with van der Waals surface area (Å²) < 4.78 is 5.53. The first-order valence-electron chi connectivity index (χ1n) is 6.12. The van der Waals surface area contributed by atoms with Gasteiger partial charge in [0.25, 0.3) is 0 Å². The van der Waals surface area contributed by atoms with Crippen LogP contribution >= 0.6 is 0 Å². The Kier molecular flexibility index (Phi) is 9.06. The number of aliphatic hydroxyl groups is 1. The summed E-state index contributed by atoms with van der Waals surface area (Å²) in [7, 11) is 0. The minimum Gasteiger partial charge on any atom is -0.394 e. The minimum atomic E-state index is -0.181. The van der Waals surface area contributed by atoms with Gasteiger partial charge in [-0.25, -0.2) is 0 Å². The van der Waals surface area contributed by atoms with Gasteiger partial charge in [-0.1, -0.05) is 26.7 Å². The van der Waals surface area contributed by atoms with Crippen molar-refractivity contribution in [2.75, 3.05) is 26.4 Å². The fraction of sp³-hybridized carbons (Fsp3) is 1.00. The molecule has 0 spiro atoms. The Balaban J connectivity index is 3.46. The van der Waals surface area contributed by atoms with Crippen molar-refractivity contribution in [1.29, 1.82) is 0 Å². The van der Waals surface area contributed by atoms with Gasteiger partial charge in [0, 0.05) is 18.8 Å². The lowest BCUT2D eigenvalue weighted by molar-refractivity contribution is 0.0856. The fourth-order valence-electron chi connectivity index (χ4n) is 1.50. The van der Waals surface area contributed by atoms with Gasteiger partial charge in [0.15, 0.2) is 0 Å². The summed E-state index contributed by atoms with van der Waals surface area (Å²) in [5, 5.41) is 12.5. The second-order valence-electron chi connectivity index (χ2n) is 4.32. The Labute approximate surface area is 94.2 Å². The van der Waals surface area contributed by atoms with Crippen LogP contribution in [-0.2, 0) is 4.74 Å². The lowest BCUT2D eigenvalue weighted by Crippen LogP contribution is -2.46. The van der Waals surface area contributed by atoms with Crippen molar-refractivity contribution in [3.05, 3.63) is 0 Å². The average molecular weight is 217 g/mol. The maximum atomic E-state index is 9.24. The summed E-state index contributed by atoms with van der Waals surface area (Å²) in [6.07, 6.45) is 4.48. The number of aliphatic hydroxyl groups excluding tert-OH is 1. The van der Waals surface area contributed by atoms with Crippen molar-refractivity contribution < 1.29 is 9.84 Å². The molecule has 3 heteroatoms. The third-order valence-corrected chi connectivity index (χ3v) is 2.64. The van der Waals surface area contributed by atoms with Crippen LogP contribution in [-0.4, -0.2) is 37.0 Å². The molecule has 0 rings (SSSR count). The molecule has 15 heavy (non-hydrogen) atoms. The van der Waals surface area contributed by atoms with Crippen LogP contribution in [0.1, 0.15) is 46.5 Å². The molecule has 0 saturated heterocycles. The molecule has 1 atom stereocenters. The van der Waals surface area contributed by atoms with E-state index in [1.807, 2.05) is 6.92 Å². The van der Waals surface area contributed by atoms with Crippen molar-refractivity contribution in [1.82, 2.24) is 5.32 Å². The average Bonchev–Trinajstić information content (AvgIpc) is 2.24. The highest BCUT2D eigenvalue weighted by atomic mass is 16.5. The summed E-state index contributed by atoms with van der Waals surface area (Å²) >= 11 is 0. The van der Waals surface area contributed by atoms with Crippen LogP contribution in [0.2, 0.25) is 0 Å². The van der Waals surface area contributed by atoms with Crippen molar-refractivity contribution >= 4 is 0 Å². The van der Waals surface area contributed by atoms with Gasteiger partial charge in [-0.05, 0) is 26.3 Å². The first-order chi connectivity index (χ1) is 7.18. The lowest BCUT2D eigenvalue weighted by Gasteiger charge is -2.28. The zero-order valence-corrected chi connectivity index (χ0v) is 10.5. The van der Waals surface area contributed by atoms with Crippen LogP contribution in [0, 0.1) is 0 Å². The standard InChI is InChI=1S/C12H27NO2/c1-4-6-7-9-15-10-8-12(3,11-14)13-5-2/h13-14H,4-11H2,1-3H3. The van der Waals surface area contributed by atoms with Crippen LogP contribution in [0.4, 0.5) is 0 Å². The molecule has 0 aromatic carbocycles. The van der Waals surface area contributed by atoms with Gasteiger partial charge < -0.3 is 15.2 Å². The van der Waals surface area contributed by atoms with Gasteiger partial charge >= 0.3 is 0 Å². The Bertz CT molecular complexity index is 142. The molecule has 0 aromatic rings. The van der Waals surface area contributed by atoms with Gasteiger partial charge in [-0.15, -0.1) is 0 Å². The molecular formula is C12H27NO2. The van der Waals surface area contributed by atoms with E-state index in [0.717, 1.165) is 32.6 Å². The fourth-order valence-corrected chi connectivity index (χ4v) is 1.50. The number of nitrogens with one attached hydrogen (secondary N) is 1. The van der Waals surface area contributed by atoms with Crippen molar-refractivity contribution in [2.45, 2.75) is 52.0 Å². The van der Waals surface area contributed by atoms with Gasteiger partial charge in [0.2, 0.25) is 0 Å². The van der Waals surface area contributed by atoms with Crippen molar-refractivity contribution in [3.63, 3.8) is 0 Å². The smallest absolute Gasteiger partial charge is 0.0611 e. The molecule has 0 fully saturated rings. The highest BCUT2D eigenvalue weighted by Gasteiger charge is 2.20. The monoisotopic (exact) mass is 217 g/mol. The van der Waals surface area contributed by atoms with Crippen LogP contribution in [0.3, 0.4) is 0 Å². The summed E-state index contributed by atoms with van der Waals surface area (Å²) in [6, 6.07) is 0. The molecule has 0 heterocycles. The Hall–Kier alpha value is -0.120. The number of rotatable bonds is 10. The van der Waals surface area contributed by atoms with Crippen molar-refractivity contribution in [3.8, 4) is 0 Å². The number of hydrogen-bond donors (Lipinski definition) is 2. The van der Waals surface area contributed by atoms with E-state index in [2.05, 4.69) is 19.2 Å². The second-order valence-corrected chi connectivity index (χ2v) is 4.32. The predicted octanol–water partition coefficient (Wildman–Crippen LogP) is 1.94. The summed E-state index contributed by atoms with van der Waals surface area (Å²) in [5.41, 5.74) is -0.181. The van der Waals surface area contributed by atoms with Crippen LogP contribution in [0.15, 0.2) is 0 Å². The van der Waals surface area contributed by atoms with E-state index in [-0.39, 0.29) is 12.1 Å². The minimum absolute atomic E-state index is 0.166. The largest absolute Gasteiger partial charge is 0.394 e. The second kappa shape index (κ2) is 9.13. The SMILES string of the molecule is CCCCCOCCC(C)(CO)NCC. The van der Waals surface area contributed by atoms with E-state index in [4.69, 9.17) is 4.74 Å². The molecular weight excluding hydrogens is 190 g/mol. The zero-order valence-electron chi connectivity index (χ0n) is 10.5. The quantitative estimate of drug-likeness (QED) is 0.550. The molecule has 1 unspecified atom stereocenters. The highest BCUT2D eigenvalue weighted by molar-refractivity contribution is 4.81. The lowest BCUT2D eigenvalue weighted by atomic mass is 10.00. The van der Waals surface area contributed by atoms with E-state index in [0.29, 0.717) is 0 Å². The Morgan fingerprint density at radius 1 is 1.20 bits per heavy atom. The number of hydrogen-bond acceptors (Lipinski definition) is 3. The number of unbranched alkanes of at least 4 members (excludes halogenated alkanes) is 2. The molecule has 0 aliphatic carbocycles. The molecule has 0 amide bonds. The van der Waals surface area contributed by atoms with Crippen LogP contribution < -0.4 is 5.32 Å². The van der Waals surface area contributed by atoms with Gasteiger partial charge in [0.1, 0.15) is 0 Å².